The molecule has 1 aliphatic heterocycles. The minimum atomic E-state index is -1.38. The monoisotopic (exact) mass is 495 g/mol. The summed E-state index contributed by atoms with van der Waals surface area (Å²) in [6, 6.07) is 9.62. The number of nitrogen functional groups attached to an aromatic ring is 1. The van der Waals surface area contributed by atoms with E-state index in [2.05, 4.69) is 25.5 Å². The molecule has 0 amide bonds. The van der Waals surface area contributed by atoms with Crippen molar-refractivity contribution in [3.63, 3.8) is 0 Å². The number of aromatic nitrogens is 4. The lowest BCUT2D eigenvalue weighted by molar-refractivity contribution is -0.0501. The second-order valence-electron chi connectivity index (χ2n) is 7.77. The topological polar surface area (TPSA) is 203 Å². The fourth-order valence-electron chi connectivity index (χ4n) is 3.68. The van der Waals surface area contributed by atoms with E-state index < -0.39 is 37.1 Å². The number of nitrogens with two attached hydrogens (primary N) is 1. The van der Waals surface area contributed by atoms with Crippen LogP contribution in [-0.4, -0.2) is 71.9 Å². The van der Waals surface area contributed by atoms with Crippen LogP contribution >= 0.6 is 0 Å². The lowest BCUT2D eigenvalue weighted by Crippen LogP contribution is -2.33. The van der Waals surface area contributed by atoms with Crippen molar-refractivity contribution in [2.75, 3.05) is 17.8 Å². The molecular weight excluding hydrogens is 474 g/mol. The van der Waals surface area contributed by atoms with Crippen molar-refractivity contribution in [1.82, 2.24) is 19.5 Å². The Morgan fingerprint density at radius 3 is 2.72 bits per heavy atom. The number of anilines is 2. The molecule has 0 spiro atoms. The number of benzene rings is 1. The van der Waals surface area contributed by atoms with Crippen LogP contribution in [-0.2, 0) is 4.74 Å². The van der Waals surface area contributed by atoms with Crippen molar-refractivity contribution in [2.45, 2.75) is 24.5 Å². The van der Waals surface area contributed by atoms with Crippen molar-refractivity contribution in [3.05, 3.63) is 60.3 Å². The molecule has 4 heterocycles. The van der Waals surface area contributed by atoms with Crippen molar-refractivity contribution in [2.24, 2.45) is 5.10 Å². The summed E-state index contributed by atoms with van der Waals surface area (Å²) in [7, 11) is 0. The summed E-state index contributed by atoms with van der Waals surface area (Å²) in [6.45, 7) is -0.494. The molecule has 5 rings (SSSR count). The SMILES string of the molecule is Nc1ncnc2c1nc(NN=Cc1ccc(OC(=O)c3ccco3)cc1)n2C1OC(CO)C(O)C1O. The number of imidazole rings is 1. The second kappa shape index (κ2) is 9.71. The van der Waals surface area contributed by atoms with Crippen LogP contribution in [0.5, 0.6) is 5.75 Å². The van der Waals surface area contributed by atoms with Crippen LogP contribution in [0.3, 0.4) is 0 Å². The Bertz CT molecular complexity index is 1390. The van der Waals surface area contributed by atoms with E-state index in [0.717, 1.165) is 0 Å². The fraction of sp³-hybridized carbons (Fsp3) is 0.227. The van der Waals surface area contributed by atoms with Gasteiger partial charge in [0, 0.05) is 0 Å². The first-order chi connectivity index (χ1) is 17.5. The number of hydrazone groups is 1. The smallest absolute Gasteiger partial charge is 0.379 e. The minimum Gasteiger partial charge on any atom is -0.457 e. The zero-order valence-electron chi connectivity index (χ0n) is 18.5. The van der Waals surface area contributed by atoms with Crippen molar-refractivity contribution < 1.29 is 34.0 Å². The number of esters is 1. The summed E-state index contributed by atoms with van der Waals surface area (Å²) < 4.78 is 17.3. The molecule has 4 atom stereocenters. The van der Waals surface area contributed by atoms with E-state index in [1.807, 2.05) is 0 Å². The van der Waals surface area contributed by atoms with Crippen LogP contribution < -0.4 is 15.9 Å². The lowest BCUT2D eigenvalue weighted by Gasteiger charge is -2.18. The van der Waals surface area contributed by atoms with Gasteiger partial charge in [-0.2, -0.15) is 5.10 Å². The number of ether oxygens (including phenoxy) is 2. The predicted octanol–water partition coefficient (Wildman–Crippen LogP) is 0.278. The Kier molecular flexibility index (Phi) is 6.30. The second-order valence-corrected chi connectivity index (χ2v) is 7.77. The number of carbonyl (C=O) groups excluding carboxylic acids is 1. The quantitative estimate of drug-likeness (QED) is 0.101. The first-order valence-corrected chi connectivity index (χ1v) is 10.7. The molecule has 4 aromatic rings. The molecule has 1 fully saturated rings. The molecule has 3 aromatic heterocycles. The Hall–Kier alpha value is -4.37. The van der Waals surface area contributed by atoms with Gasteiger partial charge in [-0.25, -0.2) is 25.2 Å². The maximum Gasteiger partial charge on any atom is 0.379 e. The Morgan fingerprint density at radius 2 is 2.03 bits per heavy atom. The first-order valence-electron chi connectivity index (χ1n) is 10.7. The highest BCUT2D eigenvalue weighted by Gasteiger charge is 2.45. The van der Waals surface area contributed by atoms with Crippen LogP contribution in [0, 0.1) is 0 Å². The van der Waals surface area contributed by atoms with Gasteiger partial charge < -0.3 is 34.9 Å². The van der Waals surface area contributed by atoms with E-state index in [-0.39, 0.29) is 28.7 Å². The van der Waals surface area contributed by atoms with Crippen molar-refractivity contribution in [1.29, 1.82) is 0 Å². The number of furan rings is 1. The maximum absolute atomic E-state index is 12.0. The highest BCUT2D eigenvalue weighted by atomic mass is 16.6. The number of aliphatic hydroxyl groups excluding tert-OH is 3. The molecule has 0 radical (unpaired) electrons. The zero-order valence-corrected chi connectivity index (χ0v) is 18.5. The van der Waals surface area contributed by atoms with E-state index in [1.54, 1.807) is 30.3 Å². The summed E-state index contributed by atoms with van der Waals surface area (Å²) in [5, 5.41) is 34.3. The highest BCUT2D eigenvalue weighted by Crippen LogP contribution is 2.35. The summed E-state index contributed by atoms with van der Waals surface area (Å²) in [5.41, 5.74) is 9.81. The van der Waals surface area contributed by atoms with Crippen LogP contribution in [0.1, 0.15) is 22.3 Å². The Balaban J connectivity index is 1.35. The number of nitrogens with one attached hydrogen (secondary N) is 1. The van der Waals surface area contributed by atoms with E-state index in [1.165, 1.54) is 29.4 Å². The number of nitrogens with zero attached hydrogens (tertiary/aromatic N) is 5. The van der Waals surface area contributed by atoms with Crippen molar-refractivity contribution in [3.8, 4) is 5.75 Å². The van der Waals surface area contributed by atoms with E-state index in [9.17, 15) is 20.1 Å². The fourth-order valence-corrected chi connectivity index (χ4v) is 3.68. The maximum atomic E-state index is 12.0. The summed E-state index contributed by atoms with van der Waals surface area (Å²) in [4.78, 5) is 24.4. The van der Waals surface area contributed by atoms with Gasteiger partial charge in [0.05, 0.1) is 19.1 Å². The molecule has 14 nitrogen and oxygen atoms in total. The highest BCUT2D eigenvalue weighted by molar-refractivity contribution is 5.88. The van der Waals surface area contributed by atoms with Gasteiger partial charge in [0.2, 0.25) is 11.7 Å². The summed E-state index contributed by atoms with van der Waals surface area (Å²) in [6.07, 6.45) is -0.746. The van der Waals surface area contributed by atoms with Crippen LogP contribution in [0.15, 0.2) is 58.5 Å². The number of hydrogen-bond acceptors (Lipinski definition) is 13. The molecule has 14 heteroatoms. The van der Waals surface area contributed by atoms with E-state index in [4.69, 9.17) is 19.6 Å². The van der Waals surface area contributed by atoms with Crippen LogP contribution in [0.2, 0.25) is 0 Å². The average molecular weight is 495 g/mol. The molecule has 186 valence electrons. The van der Waals surface area contributed by atoms with Gasteiger partial charge in [0.1, 0.15) is 30.4 Å². The van der Waals surface area contributed by atoms with Gasteiger partial charge in [0.15, 0.2) is 23.2 Å². The zero-order chi connectivity index (χ0) is 25.2. The predicted molar refractivity (Wildman–Crippen MR) is 124 cm³/mol. The molecule has 4 unspecified atom stereocenters. The number of fused-ring (bicyclic) bond motifs is 1. The van der Waals surface area contributed by atoms with Gasteiger partial charge in [-0.3, -0.25) is 4.57 Å². The van der Waals surface area contributed by atoms with E-state index >= 15 is 0 Å². The Morgan fingerprint density at radius 1 is 1.22 bits per heavy atom. The van der Waals surface area contributed by atoms with Crippen LogP contribution in [0.4, 0.5) is 11.8 Å². The van der Waals surface area contributed by atoms with Gasteiger partial charge >= 0.3 is 5.97 Å². The molecule has 1 aliphatic rings. The van der Waals surface area contributed by atoms with Crippen LogP contribution in [0.25, 0.3) is 11.2 Å². The van der Waals surface area contributed by atoms with Crippen molar-refractivity contribution >= 4 is 35.1 Å². The molecular formula is C22H21N7O7. The van der Waals surface area contributed by atoms with Gasteiger partial charge in [-0.05, 0) is 42.0 Å². The molecule has 0 saturated carbocycles. The standard InChI is InChI=1S/C22H21N7O7/c23-18-15-19(25-10-24-18)29(20-17(32)16(31)14(9-30)36-20)22(27-15)28-26-8-11-3-5-12(6-4-11)35-21(33)13-2-1-7-34-13/h1-8,10,14,16-17,20,30-32H,9H2,(H,27,28)(H2,23,24,25). The number of rotatable bonds is 7. The number of aliphatic hydroxyl groups is 3. The van der Waals surface area contributed by atoms with Gasteiger partial charge in [0.25, 0.3) is 0 Å². The Labute approximate surface area is 202 Å². The summed E-state index contributed by atoms with van der Waals surface area (Å²) >= 11 is 0. The van der Waals surface area contributed by atoms with Gasteiger partial charge in [-0.1, -0.05) is 0 Å². The first kappa shape index (κ1) is 23.4. The average Bonchev–Trinajstić information content (AvgIpc) is 3.60. The normalized spacial score (nSPS) is 21.9. The molecule has 0 bridgehead atoms. The largest absolute Gasteiger partial charge is 0.457 e. The molecule has 0 aliphatic carbocycles. The third-order valence-electron chi connectivity index (χ3n) is 5.47. The summed E-state index contributed by atoms with van der Waals surface area (Å²) in [5.74, 6) is -0.00677. The minimum absolute atomic E-state index is 0.0900. The van der Waals surface area contributed by atoms with E-state index in [0.29, 0.717) is 11.3 Å². The molecule has 1 aromatic carbocycles. The third-order valence-corrected chi connectivity index (χ3v) is 5.47. The van der Waals surface area contributed by atoms with Gasteiger partial charge in [-0.15, -0.1) is 0 Å². The lowest BCUT2D eigenvalue weighted by atomic mass is 10.1. The molecule has 6 N–H and O–H groups in total. The molecule has 36 heavy (non-hydrogen) atoms. The third kappa shape index (κ3) is 4.36. The number of carbonyl (C=O) groups is 1. The molecule has 1 saturated heterocycles. The number of hydrogen-bond donors (Lipinski definition) is 5.